The van der Waals surface area contributed by atoms with Crippen LogP contribution < -0.4 is 0 Å². The van der Waals surface area contributed by atoms with Crippen molar-refractivity contribution in [1.82, 2.24) is 0 Å². The summed E-state index contributed by atoms with van der Waals surface area (Å²) < 4.78 is 13.7. The SMILES string of the molecule is CC(=O)c1ccc(-c2ccc(F)cc2Br)cc1. The van der Waals surface area contributed by atoms with Gasteiger partial charge in [0.2, 0.25) is 0 Å². The summed E-state index contributed by atoms with van der Waals surface area (Å²) in [4.78, 5) is 11.1. The topological polar surface area (TPSA) is 17.1 Å². The molecule has 0 heterocycles. The van der Waals surface area contributed by atoms with Gasteiger partial charge in [-0.1, -0.05) is 46.3 Å². The Balaban J connectivity index is 2.43. The van der Waals surface area contributed by atoms with Gasteiger partial charge in [0.1, 0.15) is 5.82 Å². The molecule has 2 rings (SSSR count). The van der Waals surface area contributed by atoms with Gasteiger partial charge in [-0.15, -0.1) is 0 Å². The fourth-order valence-corrected chi connectivity index (χ4v) is 2.19. The number of hydrogen-bond acceptors (Lipinski definition) is 1. The molecule has 0 saturated heterocycles. The van der Waals surface area contributed by atoms with Crippen LogP contribution in [0.2, 0.25) is 0 Å². The van der Waals surface area contributed by atoms with Crippen LogP contribution >= 0.6 is 15.9 Å². The zero-order valence-corrected chi connectivity index (χ0v) is 10.8. The first-order valence-electron chi connectivity index (χ1n) is 5.14. The van der Waals surface area contributed by atoms with Gasteiger partial charge in [0.05, 0.1) is 0 Å². The number of benzene rings is 2. The van der Waals surface area contributed by atoms with E-state index in [1.165, 1.54) is 19.1 Å². The third-order valence-corrected chi connectivity index (χ3v) is 3.19. The fourth-order valence-electron chi connectivity index (χ4n) is 1.61. The minimum atomic E-state index is -0.277. The van der Waals surface area contributed by atoms with Gasteiger partial charge in [0.15, 0.2) is 5.78 Å². The van der Waals surface area contributed by atoms with Crippen LogP contribution in [0.15, 0.2) is 46.9 Å². The first-order chi connectivity index (χ1) is 8.08. The Morgan fingerprint density at radius 1 is 1.12 bits per heavy atom. The molecule has 0 bridgehead atoms. The Bertz CT molecular complexity index is 561. The minimum absolute atomic E-state index is 0.0368. The molecule has 0 saturated carbocycles. The maximum absolute atomic E-state index is 13.0. The largest absolute Gasteiger partial charge is 0.295 e. The van der Waals surface area contributed by atoms with E-state index in [1.807, 2.05) is 12.1 Å². The molecule has 0 unspecified atom stereocenters. The van der Waals surface area contributed by atoms with E-state index in [1.54, 1.807) is 18.2 Å². The monoisotopic (exact) mass is 292 g/mol. The lowest BCUT2D eigenvalue weighted by Crippen LogP contribution is -1.91. The predicted octanol–water partition coefficient (Wildman–Crippen LogP) is 4.46. The molecule has 17 heavy (non-hydrogen) atoms. The van der Waals surface area contributed by atoms with Gasteiger partial charge >= 0.3 is 0 Å². The van der Waals surface area contributed by atoms with Crippen molar-refractivity contribution in [3.63, 3.8) is 0 Å². The van der Waals surface area contributed by atoms with Crippen LogP contribution in [0.4, 0.5) is 4.39 Å². The molecule has 0 spiro atoms. The van der Waals surface area contributed by atoms with E-state index < -0.39 is 0 Å². The van der Waals surface area contributed by atoms with Crippen molar-refractivity contribution in [3.05, 3.63) is 58.3 Å². The van der Waals surface area contributed by atoms with Crippen molar-refractivity contribution in [2.45, 2.75) is 6.92 Å². The highest BCUT2D eigenvalue weighted by atomic mass is 79.9. The third-order valence-electron chi connectivity index (χ3n) is 2.53. The first kappa shape index (κ1) is 12.0. The molecule has 0 aromatic heterocycles. The third kappa shape index (κ3) is 2.61. The number of rotatable bonds is 2. The molecule has 86 valence electrons. The molecule has 3 heteroatoms. The average Bonchev–Trinajstić information content (AvgIpc) is 2.29. The van der Waals surface area contributed by atoms with Gasteiger partial charge < -0.3 is 0 Å². The number of ketones is 1. The van der Waals surface area contributed by atoms with Crippen molar-refractivity contribution in [2.75, 3.05) is 0 Å². The maximum Gasteiger partial charge on any atom is 0.159 e. The average molecular weight is 293 g/mol. The summed E-state index contributed by atoms with van der Waals surface area (Å²) in [7, 11) is 0. The van der Waals surface area contributed by atoms with Gasteiger partial charge in [-0.3, -0.25) is 4.79 Å². The van der Waals surface area contributed by atoms with Crippen LogP contribution in [0.5, 0.6) is 0 Å². The zero-order valence-electron chi connectivity index (χ0n) is 9.21. The van der Waals surface area contributed by atoms with Crippen LogP contribution in [0.3, 0.4) is 0 Å². The van der Waals surface area contributed by atoms with E-state index in [4.69, 9.17) is 0 Å². The maximum atomic E-state index is 13.0. The highest BCUT2D eigenvalue weighted by Gasteiger charge is 2.05. The number of carbonyl (C=O) groups excluding carboxylic acids is 1. The summed E-state index contributed by atoms with van der Waals surface area (Å²) in [5, 5.41) is 0. The van der Waals surface area contributed by atoms with Crippen molar-refractivity contribution in [3.8, 4) is 11.1 Å². The normalized spacial score (nSPS) is 10.3. The Labute approximate surface area is 107 Å². The molecule has 0 aliphatic rings. The van der Waals surface area contributed by atoms with Crippen LogP contribution in [-0.2, 0) is 0 Å². The highest BCUT2D eigenvalue weighted by molar-refractivity contribution is 9.10. The van der Waals surface area contributed by atoms with Crippen molar-refractivity contribution in [1.29, 1.82) is 0 Å². The van der Waals surface area contributed by atoms with E-state index in [0.29, 0.717) is 10.0 Å². The van der Waals surface area contributed by atoms with Gasteiger partial charge in [0.25, 0.3) is 0 Å². The second-order valence-corrected chi connectivity index (χ2v) is 4.61. The van der Waals surface area contributed by atoms with Gasteiger partial charge in [-0.2, -0.15) is 0 Å². The number of Topliss-reactive ketones (excluding diaryl/α,β-unsaturated/α-hetero) is 1. The highest BCUT2D eigenvalue weighted by Crippen LogP contribution is 2.28. The molecule has 1 nitrogen and oxygen atoms in total. The molecular weight excluding hydrogens is 283 g/mol. The summed E-state index contributed by atoms with van der Waals surface area (Å²) in [6.07, 6.45) is 0. The molecule has 0 radical (unpaired) electrons. The summed E-state index contributed by atoms with van der Waals surface area (Å²) in [5.74, 6) is -0.240. The van der Waals surface area contributed by atoms with E-state index in [9.17, 15) is 9.18 Å². The Morgan fingerprint density at radius 2 is 1.76 bits per heavy atom. The van der Waals surface area contributed by atoms with Gasteiger partial charge in [-0.05, 0) is 30.2 Å². The second-order valence-electron chi connectivity index (χ2n) is 3.76. The molecular formula is C14H10BrFO. The minimum Gasteiger partial charge on any atom is -0.295 e. The van der Waals surface area contributed by atoms with Crippen molar-refractivity contribution in [2.24, 2.45) is 0 Å². The zero-order chi connectivity index (χ0) is 12.4. The Kier molecular flexibility index (Phi) is 3.38. The van der Waals surface area contributed by atoms with E-state index in [-0.39, 0.29) is 11.6 Å². The lowest BCUT2D eigenvalue weighted by atomic mass is 10.0. The molecule has 2 aromatic carbocycles. The van der Waals surface area contributed by atoms with Gasteiger partial charge in [0, 0.05) is 10.0 Å². The number of halogens is 2. The number of hydrogen-bond donors (Lipinski definition) is 0. The van der Waals surface area contributed by atoms with Crippen LogP contribution in [0, 0.1) is 5.82 Å². The molecule has 2 aromatic rings. The fraction of sp³-hybridized carbons (Fsp3) is 0.0714. The lowest BCUT2D eigenvalue weighted by Gasteiger charge is -2.05. The molecule has 0 atom stereocenters. The Morgan fingerprint density at radius 3 is 2.29 bits per heavy atom. The summed E-state index contributed by atoms with van der Waals surface area (Å²) >= 11 is 3.32. The lowest BCUT2D eigenvalue weighted by molar-refractivity contribution is 0.101. The van der Waals surface area contributed by atoms with Crippen molar-refractivity contribution >= 4 is 21.7 Å². The molecule has 0 N–H and O–H groups in total. The van der Waals surface area contributed by atoms with E-state index in [2.05, 4.69) is 15.9 Å². The van der Waals surface area contributed by atoms with E-state index >= 15 is 0 Å². The van der Waals surface area contributed by atoms with Crippen LogP contribution in [0.1, 0.15) is 17.3 Å². The quantitative estimate of drug-likeness (QED) is 0.747. The summed E-state index contributed by atoms with van der Waals surface area (Å²) in [5.41, 5.74) is 2.52. The standard InChI is InChI=1S/C14H10BrFO/c1-9(17)10-2-4-11(5-3-10)13-7-6-12(16)8-14(13)15/h2-8H,1H3. The van der Waals surface area contributed by atoms with Gasteiger partial charge in [-0.25, -0.2) is 4.39 Å². The molecule has 0 amide bonds. The smallest absolute Gasteiger partial charge is 0.159 e. The van der Waals surface area contributed by atoms with E-state index in [0.717, 1.165) is 11.1 Å². The van der Waals surface area contributed by atoms with Crippen LogP contribution in [-0.4, -0.2) is 5.78 Å². The van der Waals surface area contributed by atoms with Crippen molar-refractivity contribution < 1.29 is 9.18 Å². The number of carbonyl (C=O) groups is 1. The molecule has 0 aliphatic heterocycles. The summed E-state index contributed by atoms with van der Waals surface area (Å²) in [6.45, 7) is 1.53. The summed E-state index contributed by atoms with van der Waals surface area (Å²) in [6, 6.07) is 11.8. The second kappa shape index (κ2) is 4.80. The van der Waals surface area contributed by atoms with Crippen LogP contribution in [0.25, 0.3) is 11.1 Å². The first-order valence-corrected chi connectivity index (χ1v) is 5.93. The molecule has 0 fully saturated rings. The predicted molar refractivity (Wildman–Crippen MR) is 69.5 cm³/mol. The molecule has 0 aliphatic carbocycles. The Hall–Kier alpha value is -1.48.